The highest BCUT2D eigenvalue weighted by Gasteiger charge is 2.67. The molecule has 6 unspecified atom stereocenters. The molecule has 0 aromatic heterocycles. The van der Waals surface area contributed by atoms with Gasteiger partial charge in [0.05, 0.1) is 22.5 Å². The highest BCUT2D eigenvalue weighted by atomic mass is 79.9. The van der Waals surface area contributed by atoms with Crippen molar-refractivity contribution >= 4 is 62.5 Å². The molecule has 6 atom stereocenters. The molecule has 0 spiro atoms. The van der Waals surface area contributed by atoms with Gasteiger partial charge in [0.1, 0.15) is 6.67 Å². The number of aryl methyl sites for hydroxylation is 1. The standard InChI is InChI=1S/C26H21BrCl2N2O3/c1-12-8-19(27)20(29)10-21(12)30(24(32)13-2-4-14(28)5-3-13)11-31-25(33)22-15-6-7-16(18-9-17(15)18)23(22)26(31)34/h2-8,10,15-18,22-23H,9,11H2,1H3. The van der Waals surface area contributed by atoms with Crippen LogP contribution in [-0.4, -0.2) is 29.3 Å². The Morgan fingerprint density at radius 2 is 1.62 bits per heavy atom. The molecule has 8 heteroatoms. The van der Waals surface area contributed by atoms with E-state index in [-0.39, 0.29) is 48.1 Å². The SMILES string of the molecule is Cc1cc(Br)c(Cl)cc1N(CN1C(=O)C2C3C=CC(C4CC34)C2C1=O)C(=O)c1ccc(Cl)cc1. The lowest BCUT2D eigenvalue weighted by molar-refractivity contribution is -0.140. The molecule has 7 rings (SSSR count). The number of allylic oxidation sites excluding steroid dienone is 2. The van der Waals surface area contributed by atoms with E-state index in [1.165, 1.54) is 9.80 Å². The molecule has 34 heavy (non-hydrogen) atoms. The molecular formula is C26H21BrCl2N2O3. The minimum absolute atomic E-state index is 0.130. The van der Waals surface area contributed by atoms with Gasteiger partial charge in [-0.25, -0.2) is 0 Å². The summed E-state index contributed by atoms with van der Waals surface area (Å²) in [5.41, 5.74) is 1.74. The molecule has 3 amide bonds. The lowest BCUT2D eigenvalue weighted by Gasteiger charge is -2.37. The second-order valence-corrected chi connectivity index (χ2v) is 11.4. The predicted molar refractivity (Wildman–Crippen MR) is 134 cm³/mol. The van der Waals surface area contributed by atoms with Gasteiger partial charge in [0.15, 0.2) is 0 Å². The smallest absolute Gasteiger partial charge is 0.259 e. The average Bonchev–Trinajstić information content (AvgIpc) is 3.60. The van der Waals surface area contributed by atoms with Crippen LogP contribution in [0.2, 0.25) is 10.0 Å². The Bertz CT molecular complexity index is 1240. The fourth-order valence-corrected chi connectivity index (χ4v) is 6.97. The fourth-order valence-electron chi connectivity index (χ4n) is 6.22. The summed E-state index contributed by atoms with van der Waals surface area (Å²) in [6, 6.07) is 10.1. The van der Waals surface area contributed by atoms with Crippen molar-refractivity contribution in [2.75, 3.05) is 11.6 Å². The molecule has 2 bridgehead atoms. The average molecular weight is 560 g/mol. The zero-order chi connectivity index (χ0) is 23.9. The number of carbonyl (C=O) groups is 3. The van der Waals surface area contributed by atoms with Crippen molar-refractivity contribution < 1.29 is 14.4 Å². The van der Waals surface area contributed by atoms with Gasteiger partial charge in [-0.05, 0) is 94.9 Å². The minimum atomic E-state index is -0.336. The zero-order valence-corrected chi connectivity index (χ0v) is 21.3. The number of hydrogen-bond acceptors (Lipinski definition) is 3. The molecule has 2 saturated carbocycles. The quantitative estimate of drug-likeness (QED) is 0.355. The van der Waals surface area contributed by atoms with Gasteiger partial charge in [0.2, 0.25) is 11.8 Å². The molecule has 1 saturated heterocycles. The summed E-state index contributed by atoms with van der Waals surface area (Å²) in [6.45, 7) is 1.71. The van der Waals surface area contributed by atoms with Crippen LogP contribution in [0.15, 0.2) is 53.0 Å². The molecule has 2 aromatic rings. The Kier molecular flexibility index (Phi) is 5.21. The minimum Gasteiger partial charge on any atom is -0.289 e. The first-order valence-corrected chi connectivity index (χ1v) is 12.9. The van der Waals surface area contributed by atoms with Gasteiger partial charge in [-0.15, -0.1) is 0 Å². The predicted octanol–water partition coefficient (Wildman–Crippen LogP) is 5.72. The summed E-state index contributed by atoms with van der Waals surface area (Å²) in [6.07, 6.45) is 5.39. The van der Waals surface area contributed by atoms with Crippen LogP contribution < -0.4 is 4.90 Å². The largest absolute Gasteiger partial charge is 0.289 e. The third-order valence-corrected chi connectivity index (χ3v) is 9.35. The van der Waals surface area contributed by atoms with Crippen molar-refractivity contribution in [1.82, 2.24) is 4.90 Å². The van der Waals surface area contributed by atoms with Gasteiger partial charge in [-0.2, -0.15) is 0 Å². The molecule has 1 aliphatic heterocycles. The number of anilines is 1. The first-order valence-electron chi connectivity index (χ1n) is 11.3. The van der Waals surface area contributed by atoms with E-state index in [4.69, 9.17) is 23.2 Å². The topological polar surface area (TPSA) is 57.7 Å². The first-order chi connectivity index (χ1) is 16.3. The van der Waals surface area contributed by atoms with E-state index in [1.807, 2.05) is 13.0 Å². The van der Waals surface area contributed by atoms with Gasteiger partial charge < -0.3 is 0 Å². The van der Waals surface area contributed by atoms with Crippen molar-refractivity contribution in [3.8, 4) is 0 Å². The number of carbonyl (C=O) groups excluding carboxylic acids is 3. The van der Waals surface area contributed by atoms with Crippen LogP contribution in [0.3, 0.4) is 0 Å². The van der Waals surface area contributed by atoms with Crippen LogP contribution in [0.5, 0.6) is 0 Å². The van der Waals surface area contributed by atoms with Gasteiger partial charge >= 0.3 is 0 Å². The van der Waals surface area contributed by atoms with Crippen molar-refractivity contribution in [3.05, 3.63) is 74.2 Å². The van der Waals surface area contributed by atoms with E-state index >= 15 is 0 Å². The van der Waals surface area contributed by atoms with Crippen LogP contribution in [0, 0.1) is 42.4 Å². The Morgan fingerprint density at radius 1 is 1.03 bits per heavy atom. The van der Waals surface area contributed by atoms with Crippen molar-refractivity contribution in [3.63, 3.8) is 0 Å². The van der Waals surface area contributed by atoms with E-state index in [9.17, 15) is 14.4 Å². The second-order valence-electron chi connectivity index (χ2n) is 9.69. The number of rotatable bonds is 4. The molecule has 5 nitrogen and oxygen atoms in total. The maximum atomic E-state index is 13.7. The maximum absolute atomic E-state index is 13.7. The number of halogens is 3. The number of likely N-dealkylation sites (tertiary alicyclic amines) is 1. The number of hydrogen-bond donors (Lipinski definition) is 0. The number of imide groups is 1. The third kappa shape index (κ3) is 3.29. The Morgan fingerprint density at radius 3 is 2.21 bits per heavy atom. The van der Waals surface area contributed by atoms with Crippen molar-refractivity contribution in [2.24, 2.45) is 35.5 Å². The van der Waals surface area contributed by atoms with Gasteiger partial charge in [0, 0.05) is 15.1 Å². The molecule has 4 aliphatic carbocycles. The van der Waals surface area contributed by atoms with Gasteiger partial charge in [0.25, 0.3) is 5.91 Å². The molecular weight excluding hydrogens is 539 g/mol. The van der Waals surface area contributed by atoms with Crippen LogP contribution in [-0.2, 0) is 9.59 Å². The van der Waals surface area contributed by atoms with E-state index in [0.717, 1.165) is 12.0 Å². The number of amides is 3. The Labute approximate surface area is 215 Å². The van der Waals surface area contributed by atoms with Crippen LogP contribution in [0.1, 0.15) is 22.3 Å². The van der Waals surface area contributed by atoms with E-state index < -0.39 is 0 Å². The Hall–Kier alpha value is -2.15. The zero-order valence-electron chi connectivity index (χ0n) is 18.3. The molecule has 0 N–H and O–H groups in total. The molecule has 0 radical (unpaired) electrons. The van der Waals surface area contributed by atoms with Gasteiger partial charge in [-0.3, -0.25) is 24.2 Å². The molecule has 5 aliphatic rings. The van der Waals surface area contributed by atoms with Crippen molar-refractivity contribution in [1.29, 1.82) is 0 Å². The highest BCUT2D eigenvalue weighted by molar-refractivity contribution is 9.10. The summed E-state index contributed by atoms with van der Waals surface area (Å²) in [4.78, 5) is 43.6. The van der Waals surface area contributed by atoms with E-state index in [1.54, 1.807) is 30.3 Å². The first kappa shape index (κ1) is 22.3. The summed E-state index contributed by atoms with van der Waals surface area (Å²) in [7, 11) is 0. The second kappa shape index (κ2) is 7.94. The van der Waals surface area contributed by atoms with Crippen molar-refractivity contribution in [2.45, 2.75) is 13.3 Å². The third-order valence-electron chi connectivity index (χ3n) is 7.90. The summed E-state index contributed by atoms with van der Waals surface area (Å²) >= 11 is 15.8. The van der Waals surface area contributed by atoms with Crippen LogP contribution >= 0.6 is 39.1 Å². The fraction of sp³-hybridized carbons (Fsp3) is 0.346. The summed E-state index contributed by atoms with van der Waals surface area (Å²) < 4.78 is 0.704. The Balaban J connectivity index is 1.38. The molecule has 174 valence electrons. The summed E-state index contributed by atoms with van der Waals surface area (Å²) in [5, 5.41) is 0.950. The monoisotopic (exact) mass is 558 g/mol. The number of benzene rings is 2. The van der Waals surface area contributed by atoms with Crippen LogP contribution in [0.4, 0.5) is 5.69 Å². The maximum Gasteiger partial charge on any atom is 0.259 e. The molecule has 2 aromatic carbocycles. The molecule has 1 heterocycles. The normalized spacial score (nSPS) is 30.4. The van der Waals surface area contributed by atoms with Gasteiger partial charge in [-0.1, -0.05) is 35.4 Å². The molecule has 3 fully saturated rings. The number of nitrogens with zero attached hydrogens (tertiary/aromatic N) is 2. The summed E-state index contributed by atoms with van der Waals surface area (Å²) in [5.74, 6) is -0.000750. The van der Waals surface area contributed by atoms with E-state index in [0.29, 0.717) is 37.6 Å². The lowest BCUT2D eigenvalue weighted by atomic mass is 9.63. The lowest BCUT2D eigenvalue weighted by Crippen LogP contribution is -2.45. The highest BCUT2D eigenvalue weighted by Crippen LogP contribution is 2.65. The van der Waals surface area contributed by atoms with E-state index in [2.05, 4.69) is 28.1 Å². The van der Waals surface area contributed by atoms with Crippen LogP contribution in [0.25, 0.3) is 0 Å².